The Balaban J connectivity index is 1.25. The van der Waals surface area contributed by atoms with Gasteiger partial charge in [-0.1, -0.05) is 12.8 Å². The third-order valence-corrected chi connectivity index (χ3v) is 7.50. The molecule has 2 aliphatic rings. The number of piperidine rings is 1. The topological polar surface area (TPSA) is 78.5 Å². The van der Waals surface area contributed by atoms with Gasteiger partial charge in [-0.25, -0.2) is 4.39 Å². The van der Waals surface area contributed by atoms with Crippen LogP contribution in [0.15, 0.2) is 30.3 Å². The summed E-state index contributed by atoms with van der Waals surface area (Å²) in [6.45, 7) is 0.889. The number of fused-ring (bicyclic) bond motifs is 1. The highest BCUT2D eigenvalue weighted by Gasteiger charge is 2.28. The number of aryl methyl sites for hydroxylation is 2. The van der Waals surface area contributed by atoms with Gasteiger partial charge in [0.25, 0.3) is 11.8 Å². The van der Waals surface area contributed by atoms with E-state index in [1.165, 1.54) is 58.9 Å². The lowest BCUT2D eigenvalue weighted by molar-refractivity contribution is -0.127. The van der Waals surface area contributed by atoms with Crippen LogP contribution in [-0.2, 0) is 17.6 Å². The molecule has 6 nitrogen and oxygen atoms in total. The van der Waals surface area contributed by atoms with Crippen LogP contribution < -0.4 is 10.9 Å². The third-order valence-electron chi connectivity index (χ3n) is 6.26. The first-order valence-corrected chi connectivity index (χ1v) is 12.1. The molecule has 1 aliphatic heterocycles. The Morgan fingerprint density at radius 2 is 1.62 bits per heavy atom. The molecule has 1 aliphatic carbocycles. The first kappa shape index (κ1) is 22.5. The van der Waals surface area contributed by atoms with Crippen molar-refractivity contribution in [2.24, 2.45) is 5.92 Å². The average Bonchev–Trinajstić information content (AvgIpc) is 3.19. The molecular weight excluding hydrogens is 429 g/mol. The van der Waals surface area contributed by atoms with Crippen LogP contribution in [0.25, 0.3) is 0 Å². The van der Waals surface area contributed by atoms with E-state index in [0.29, 0.717) is 36.4 Å². The largest absolute Gasteiger partial charge is 0.339 e. The highest BCUT2D eigenvalue weighted by Crippen LogP contribution is 2.28. The molecule has 1 aromatic carbocycles. The molecule has 3 amide bonds. The van der Waals surface area contributed by atoms with E-state index in [0.717, 1.165) is 25.7 Å². The molecule has 170 valence electrons. The number of rotatable bonds is 3. The number of hydrogen-bond donors (Lipinski definition) is 2. The minimum atomic E-state index is -0.382. The second-order valence-corrected chi connectivity index (χ2v) is 9.63. The van der Waals surface area contributed by atoms with Crippen molar-refractivity contribution in [3.8, 4) is 0 Å². The molecule has 0 spiro atoms. The monoisotopic (exact) mass is 457 g/mol. The van der Waals surface area contributed by atoms with Crippen LogP contribution in [-0.4, -0.2) is 35.7 Å². The van der Waals surface area contributed by atoms with Crippen molar-refractivity contribution in [2.75, 3.05) is 13.1 Å². The molecule has 0 saturated carbocycles. The summed E-state index contributed by atoms with van der Waals surface area (Å²) < 4.78 is 13.1. The number of nitrogens with one attached hydrogen (secondary N) is 2. The van der Waals surface area contributed by atoms with Gasteiger partial charge in [0.2, 0.25) is 5.91 Å². The van der Waals surface area contributed by atoms with Gasteiger partial charge in [-0.3, -0.25) is 25.2 Å². The molecule has 1 aromatic heterocycles. The quantitative estimate of drug-likeness (QED) is 0.687. The van der Waals surface area contributed by atoms with E-state index in [1.807, 2.05) is 6.07 Å². The van der Waals surface area contributed by atoms with Crippen molar-refractivity contribution in [3.63, 3.8) is 0 Å². The number of halogens is 1. The number of hydrogen-bond acceptors (Lipinski definition) is 4. The molecule has 2 aromatic rings. The van der Waals surface area contributed by atoms with Crippen molar-refractivity contribution in [1.29, 1.82) is 0 Å². The van der Waals surface area contributed by atoms with Crippen molar-refractivity contribution < 1.29 is 18.8 Å². The molecule has 0 bridgehead atoms. The van der Waals surface area contributed by atoms with E-state index < -0.39 is 0 Å². The van der Waals surface area contributed by atoms with E-state index in [4.69, 9.17) is 0 Å². The fourth-order valence-corrected chi connectivity index (χ4v) is 5.51. The minimum absolute atomic E-state index is 0.162. The molecule has 4 rings (SSSR count). The maximum Gasteiger partial charge on any atom is 0.279 e. The second-order valence-electron chi connectivity index (χ2n) is 8.49. The summed E-state index contributed by atoms with van der Waals surface area (Å²) in [5.74, 6) is -1.32. The zero-order valence-corrected chi connectivity index (χ0v) is 18.8. The fourth-order valence-electron chi connectivity index (χ4n) is 4.36. The number of thiophene rings is 1. The molecular formula is C24H28FN3O3S. The van der Waals surface area contributed by atoms with Crippen molar-refractivity contribution in [3.05, 3.63) is 57.0 Å². The average molecular weight is 458 g/mol. The van der Waals surface area contributed by atoms with Gasteiger partial charge >= 0.3 is 0 Å². The van der Waals surface area contributed by atoms with Gasteiger partial charge in [0.05, 0.1) is 4.88 Å². The molecule has 0 radical (unpaired) electrons. The molecule has 8 heteroatoms. The Kier molecular flexibility index (Phi) is 7.19. The van der Waals surface area contributed by atoms with Gasteiger partial charge in [-0.2, -0.15) is 0 Å². The number of carbonyl (C=O) groups is 3. The summed E-state index contributed by atoms with van der Waals surface area (Å²) in [5, 5.41) is 0. The summed E-state index contributed by atoms with van der Waals surface area (Å²) >= 11 is 1.52. The van der Waals surface area contributed by atoms with E-state index in [-0.39, 0.29) is 29.5 Å². The van der Waals surface area contributed by atoms with Gasteiger partial charge in [-0.15, -0.1) is 11.3 Å². The standard InChI is InChI=1S/C24H28FN3O3S/c25-19-9-7-17(8-10-19)24(31)28-13-11-16(12-14-28)22(29)26-27-23(30)21-15-18-5-3-1-2-4-6-20(18)32-21/h7-10,15-16H,1-6,11-14H2,(H,26,29)(H,27,30). The Bertz CT molecular complexity index is 955. The fraction of sp³-hybridized carbons (Fsp3) is 0.458. The molecule has 2 heterocycles. The lowest BCUT2D eigenvalue weighted by atomic mass is 9.95. The highest BCUT2D eigenvalue weighted by molar-refractivity contribution is 7.14. The third kappa shape index (κ3) is 5.35. The van der Waals surface area contributed by atoms with Crippen molar-refractivity contribution in [1.82, 2.24) is 15.8 Å². The Hall–Kier alpha value is -2.74. The molecule has 2 N–H and O–H groups in total. The zero-order chi connectivity index (χ0) is 22.5. The molecule has 1 saturated heterocycles. The maximum absolute atomic E-state index is 13.1. The summed E-state index contributed by atoms with van der Waals surface area (Å²) in [4.78, 5) is 41.2. The first-order chi connectivity index (χ1) is 15.5. The SMILES string of the molecule is O=C(NNC(=O)C1CCN(C(=O)c2ccc(F)cc2)CC1)c1cc2c(s1)CCCCCC2. The molecule has 1 fully saturated rings. The normalized spacial score (nSPS) is 17.1. The van der Waals surface area contributed by atoms with E-state index in [2.05, 4.69) is 10.9 Å². The van der Waals surface area contributed by atoms with Crippen LogP contribution in [0.1, 0.15) is 69.0 Å². The van der Waals surface area contributed by atoms with Gasteiger partial charge < -0.3 is 4.90 Å². The molecule has 32 heavy (non-hydrogen) atoms. The van der Waals surface area contributed by atoms with Gasteiger partial charge in [0.15, 0.2) is 0 Å². The van der Waals surface area contributed by atoms with Crippen molar-refractivity contribution in [2.45, 2.75) is 51.4 Å². The van der Waals surface area contributed by atoms with Crippen LogP contribution in [0.4, 0.5) is 4.39 Å². The summed E-state index contributed by atoms with van der Waals surface area (Å²) in [7, 11) is 0. The maximum atomic E-state index is 13.1. The minimum Gasteiger partial charge on any atom is -0.339 e. The summed E-state index contributed by atoms with van der Waals surface area (Å²) in [5.41, 5.74) is 6.82. The number of hydrazine groups is 1. The smallest absolute Gasteiger partial charge is 0.279 e. The van der Waals surface area contributed by atoms with Gasteiger partial charge in [0.1, 0.15) is 5.82 Å². The second kappa shape index (κ2) is 10.3. The van der Waals surface area contributed by atoms with E-state index >= 15 is 0 Å². The van der Waals surface area contributed by atoms with Crippen molar-refractivity contribution >= 4 is 29.1 Å². The Labute approximate surface area is 191 Å². The molecule has 0 unspecified atom stereocenters. The molecule has 0 atom stereocenters. The van der Waals surface area contributed by atoms with Crippen LogP contribution in [0.3, 0.4) is 0 Å². The lowest BCUT2D eigenvalue weighted by Gasteiger charge is -2.31. The predicted molar refractivity (Wildman–Crippen MR) is 121 cm³/mol. The van der Waals surface area contributed by atoms with Gasteiger partial charge in [0, 0.05) is 29.4 Å². The van der Waals surface area contributed by atoms with Crippen LogP contribution in [0.5, 0.6) is 0 Å². The van der Waals surface area contributed by atoms with Crippen LogP contribution in [0.2, 0.25) is 0 Å². The number of carbonyl (C=O) groups excluding carboxylic acids is 3. The number of amides is 3. The summed E-state index contributed by atoms with van der Waals surface area (Å²) in [6, 6.07) is 7.44. The number of nitrogens with zero attached hydrogens (tertiary/aromatic N) is 1. The van der Waals surface area contributed by atoms with Gasteiger partial charge in [-0.05, 0) is 74.4 Å². The van der Waals surface area contributed by atoms with Crippen LogP contribution >= 0.6 is 11.3 Å². The number of benzene rings is 1. The Morgan fingerprint density at radius 3 is 2.34 bits per heavy atom. The van der Waals surface area contributed by atoms with E-state index in [1.54, 1.807) is 4.90 Å². The number of likely N-dealkylation sites (tertiary alicyclic amines) is 1. The Morgan fingerprint density at radius 1 is 0.938 bits per heavy atom. The first-order valence-electron chi connectivity index (χ1n) is 11.3. The predicted octanol–water partition coefficient (Wildman–Crippen LogP) is 3.86. The summed E-state index contributed by atoms with van der Waals surface area (Å²) in [6.07, 6.45) is 7.86. The zero-order valence-electron chi connectivity index (χ0n) is 18.0. The highest BCUT2D eigenvalue weighted by atomic mass is 32.1. The van der Waals surface area contributed by atoms with E-state index in [9.17, 15) is 18.8 Å². The lowest BCUT2D eigenvalue weighted by Crippen LogP contribution is -2.48. The van der Waals surface area contributed by atoms with Crippen LogP contribution in [0, 0.1) is 11.7 Å².